The lowest BCUT2D eigenvalue weighted by molar-refractivity contribution is -0.688. The van der Waals surface area contributed by atoms with Gasteiger partial charge < -0.3 is 22.3 Å². The van der Waals surface area contributed by atoms with Gasteiger partial charge in [-0.25, -0.2) is 4.57 Å². The number of pyridine rings is 1. The first kappa shape index (κ1) is 20.5. The summed E-state index contributed by atoms with van der Waals surface area (Å²) in [5.41, 5.74) is 2.05. The summed E-state index contributed by atoms with van der Waals surface area (Å²) in [5.74, 6) is -0.249. The van der Waals surface area contributed by atoms with Crippen LogP contribution in [0.1, 0.15) is 15.9 Å². The number of non-ortho nitro benzene ring substituents is 1. The van der Waals surface area contributed by atoms with Crippen molar-refractivity contribution >= 4 is 28.9 Å². The van der Waals surface area contributed by atoms with E-state index in [1.807, 2.05) is 4.57 Å². The number of hydrogen-bond acceptors (Lipinski definition) is 3. The van der Waals surface area contributed by atoms with Gasteiger partial charge in [-0.3, -0.25) is 14.9 Å². The number of halogens is 2. The van der Waals surface area contributed by atoms with Crippen LogP contribution in [-0.4, -0.2) is 10.8 Å². The molecule has 0 aliphatic heterocycles. The molecule has 1 amide bonds. The summed E-state index contributed by atoms with van der Waals surface area (Å²) in [6.45, 7) is 0.546. The topological polar surface area (TPSA) is 76.1 Å². The first-order chi connectivity index (χ1) is 12.5. The Labute approximate surface area is 171 Å². The van der Waals surface area contributed by atoms with E-state index in [0.29, 0.717) is 22.8 Å². The number of amides is 1. The van der Waals surface area contributed by atoms with Gasteiger partial charge in [-0.2, -0.15) is 0 Å². The smallest absolute Gasteiger partial charge is 0.269 e. The minimum atomic E-state index is -0.427. The van der Waals surface area contributed by atoms with Crippen molar-refractivity contribution in [3.63, 3.8) is 0 Å². The van der Waals surface area contributed by atoms with Gasteiger partial charge in [0.15, 0.2) is 18.9 Å². The fraction of sp³-hybridized carbons (Fsp3) is 0.0526. The van der Waals surface area contributed by atoms with Crippen molar-refractivity contribution in [2.24, 2.45) is 0 Å². The van der Waals surface area contributed by atoms with Gasteiger partial charge in [-0.05, 0) is 24.3 Å². The molecule has 0 saturated heterocycles. The molecule has 0 bridgehead atoms. The monoisotopic (exact) mass is 447 g/mol. The molecule has 27 heavy (non-hydrogen) atoms. The standard InChI is InChI=1S/C19H14ClN3O3.BrH/c20-17-3-1-2-4-18(17)21-19(24)15-9-11-22(12-10-15)13-14-5-7-16(8-6-14)23(25)26;/h1-12H,13H2;1H. The zero-order valence-corrected chi connectivity index (χ0v) is 16.4. The van der Waals surface area contributed by atoms with Crippen LogP contribution in [0, 0.1) is 10.1 Å². The summed E-state index contributed by atoms with van der Waals surface area (Å²) < 4.78 is 1.88. The minimum absolute atomic E-state index is 0. The van der Waals surface area contributed by atoms with E-state index in [1.165, 1.54) is 12.1 Å². The maximum Gasteiger partial charge on any atom is 0.269 e. The predicted molar refractivity (Wildman–Crippen MR) is 98.2 cm³/mol. The van der Waals surface area contributed by atoms with E-state index in [2.05, 4.69) is 5.32 Å². The highest BCUT2D eigenvalue weighted by Crippen LogP contribution is 2.21. The Balaban J connectivity index is 0.00000261. The van der Waals surface area contributed by atoms with E-state index in [-0.39, 0.29) is 28.6 Å². The van der Waals surface area contributed by atoms with Crippen LogP contribution in [0.15, 0.2) is 73.1 Å². The van der Waals surface area contributed by atoms with Crippen molar-refractivity contribution in [1.29, 1.82) is 0 Å². The van der Waals surface area contributed by atoms with Crippen LogP contribution in [0.4, 0.5) is 11.4 Å². The van der Waals surface area contributed by atoms with Crippen molar-refractivity contribution in [1.82, 2.24) is 0 Å². The van der Waals surface area contributed by atoms with Crippen molar-refractivity contribution in [3.8, 4) is 0 Å². The Bertz CT molecular complexity index is 947. The zero-order chi connectivity index (χ0) is 18.5. The van der Waals surface area contributed by atoms with Crippen molar-refractivity contribution < 1.29 is 31.3 Å². The van der Waals surface area contributed by atoms with Gasteiger partial charge in [0.05, 0.1) is 21.2 Å². The van der Waals surface area contributed by atoms with E-state index < -0.39 is 4.92 Å². The third-order valence-electron chi connectivity index (χ3n) is 3.79. The van der Waals surface area contributed by atoms with Crippen LogP contribution in [-0.2, 0) is 6.54 Å². The van der Waals surface area contributed by atoms with E-state index in [4.69, 9.17) is 11.6 Å². The molecule has 8 heteroatoms. The maximum atomic E-state index is 12.3. The number of nitro benzene ring substituents is 1. The number of anilines is 1. The molecule has 0 aliphatic carbocycles. The van der Waals surface area contributed by atoms with Gasteiger partial charge in [0, 0.05) is 29.8 Å². The molecule has 3 rings (SSSR count). The minimum Gasteiger partial charge on any atom is -1.00 e. The van der Waals surface area contributed by atoms with E-state index in [1.54, 1.807) is 60.9 Å². The molecule has 0 unspecified atom stereocenters. The fourth-order valence-corrected chi connectivity index (χ4v) is 2.59. The Kier molecular flexibility index (Phi) is 7.04. The maximum absolute atomic E-state index is 12.3. The second-order valence-electron chi connectivity index (χ2n) is 5.62. The van der Waals surface area contributed by atoms with Crippen LogP contribution in [0.3, 0.4) is 0 Å². The van der Waals surface area contributed by atoms with Gasteiger partial charge >= 0.3 is 0 Å². The van der Waals surface area contributed by atoms with Crippen LogP contribution < -0.4 is 26.9 Å². The van der Waals surface area contributed by atoms with Crippen molar-refractivity contribution in [3.05, 3.63) is 99.3 Å². The average molecular weight is 449 g/mol. The van der Waals surface area contributed by atoms with E-state index in [9.17, 15) is 14.9 Å². The Hall–Kier alpha value is -2.77. The summed E-state index contributed by atoms with van der Waals surface area (Å²) in [7, 11) is 0. The number of nitrogens with one attached hydrogen (secondary N) is 1. The first-order valence-corrected chi connectivity index (χ1v) is 8.19. The highest BCUT2D eigenvalue weighted by molar-refractivity contribution is 6.33. The molecule has 1 heterocycles. The molecular formula is C19H15BrClN3O3. The number of nitrogens with zero attached hydrogens (tertiary/aromatic N) is 2. The Morgan fingerprint density at radius 2 is 1.67 bits per heavy atom. The average Bonchev–Trinajstić information content (AvgIpc) is 2.64. The van der Waals surface area contributed by atoms with Gasteiger partial charge in [-0.15, -0.1) is 0 Å². The first-order valence-electron chi connectivity index (χ1n) is 7.81. The highest BCUT2D eigenvalue weighted by Gasteiger charge is 2.11. The van der Waals surface area contributed by atoms with Crippen LogP contribution in [0.2, 0.25) is 5.02 Å². The Morgan fingerprint density at radius 3 is 2.26 bits per heavy atom. The number of aromatic nitrogens is 1. The largest absolute Gasteiger partial charge is 1.00 e. The lowest BCUT2D eigenvalue weighted by atomic mass is 10.2. The van der Waals surface area contributed by atoms with Gasteiger partial charge in [-0.1, -0.05) is 23.7 Å². The molecule has 2 aromatic carbocycles. The molecule has 0 saturated carbocycles. The normalized spacial score (nSPS) is 9.96. The fourth-order valence-electron chi connectivity index (χ4n) is 2.41. The number of carbonyl (C=O) groups is 1. The van der Waals surface area contributed by atoms with Gasteiger partial charge in [0.1, 0.15) is 0 Å². The number of carbonyl (C=O) groups excluding carboxylic acids is 1. The summed E-state index contributed by atoms with van der Waals surface area (Å²) in [6, 6.07) is 16.8. The molecule has 3 aromatic rings. The summed E-state index contributed by atoms with van der Waals surface area (Å²) >= 11 is 6.04. The van der Waals surface area contributed by atoms with Crippen molar-refractivity contribution in [2.75, 3.05) is 5.32 Å². The second kappa shape index (κ2) is 9.25. The lowest BCUT2D eigenvalue weighted by Crippen LogP contribution is -3.00. The third-order valence-corrected chi connectivity index (χ3v) is 4.12. The van der Waals surface area contributed by atoms with E-state index >= 15 is 0 Å². The quantitative estimate of drug-likeness (QED) is 0.357. The Morgan fingerprint density at radius 1 is 1.04 bits per heavy atom. The molecule has 0 aliphatic rings. The summed E-state index contributed by atoms with van der Waals surface area (Å²) in [6.07, 6.45) is 3.56. The molecule has 0 fully saturated rings. The third kappa shape index (κ3) is 5.35. The molecular weight excluding hydrogens is 434 g/mol. The molecule has 1 aromatic heterocycles. The second-order valence-corrected chi connectivity index (χ2v) is 6.02. The SMILES string of the molecule is O=C(Nc1ccccc1Cl)c1cc[n+](Cc2ccc([N+](=O)[O-])cc2)cc1.[Br-]. The predicted octanol–water partition coefficient (Wildman–Crippen LogP) is 0.840. The van der Waals surface area contributed by atoms with Gasteiger partial charge in [0.2, 0.25) is 0 Å². The molecule has 0 radical (unpaired) electrons. The van der Waals surface area contributed by atoms with Crippen LogP contribution in [0.5, 0.6) is 0 Å². The molecule has 1 N–H and O–H groups in total. The van der Waals surface area contributed by atoms with E-state index in [0.717, 1.165) is 5.56 Å². The highest BCUT2D eigenvalue weighted by atomic mass is 79.9. The molecule has 6 nitrogen and oxygen atoms in total. The van der Waals surface area contributed by atoms with Crippen LogP contribution >= 0.6 is 11.6 Å². The molecule has 0 atom stereocenters. The number of para-hydroxylation sites is 1. The number of rotatable bonds is 5. The number of benzene rings is 2. The van der Waals surface area contributed by atoms with Gasteiger partial charge in [0.25, 0.3) is 11.6 Å². The summed E-state index contributed by atoms with van der Waals surface area (Å²) in [5, 5.41) is 13.9. The number of nitro groups is 1. The molecule has 138 valence electrons. The van der Waals surface area contributed by atoms with Crippen LogP contribution in [0.25, 0.3) is 0 Å². The summed E-state index contributed by atoms with van der Waals surface area (Å²) in [4.78, 5) is 22.5. The number of hydrogen-bond donors (Lipinski definition) is 1. The van der Waals surface area contributed by atoms with Crippen molar-refractivity contribution in [2.45, 2.75) is 6.54 Å². The lowest BCUT2D eigenvalue weighted by Gasteiger charge is -2.06. The molecule has 0 spiro atoms. The zero-order valence-electron chi connectivity index (χ0n) is 14.0.